The van der Waals surface area contributed by atoms with Crippen molar-refractivity contribution in [3.05, 3.63) is 28.9 Å². The Morgan fingerprint density at radius 1 is 1.30 bits per heavy atom. The van der Waals surface area contributed by atoms with Crippen LogP contribution in [0, 0.1) is 5.82 Å². The van der Waals surface area contributed by atoms with Gasteiger partial charge in [0.1, 0.15) is 29.1 Å². The van der Waals surface area contributed by atoms with E-state index in [1.807, 2.05) is 11.5 Å². The van der Waals surface area contributed by atoms with Gasteiger partial charge in [0.15, 0.2) is 11.6 Å². The molecule has 2 aliphatic rings. The Balaban J connectivity index is 1.65. The van der Waals surface area contributed by atoms with Crippen LogP contribution in [0.25, 0.3) is 22.3 Å². The van der Waals surface area contributed by atoms with Crippen molar-refractivity contribution in [1.29, 1.82) is 0 Å². The lowest BCUT2D eigenvalue weighted by Gasteiger charge is -2.29. The average Bonchev–Trinajstić information content (AvgIpc) is 3.18. The molecule has 0 saturated carbocycles. The van der Waals surface area contributed by atoms with Crippen molar-refractivity contribution in [2.45, 2.75) is 51.0 Å². The van der Waals surface area contributed by atoms with Gasteiger partial charge in [-0.15, -0.1) is 0 Å². The van der Waals surface area contributed by atoms with Crippen LogP contribution < -0.4 is 10.1 Å². The van der Waals surface area contributed by atoms with Gasteiger partial charge in [0, 0.05) is 12.2 Å². The Morgan fingerprint density at radius 2 is 2.09 bits per heavy atom. The molecule has 0 radical (unpaired) electrons. The number of imidazole rings is 1. The largest absolute Gasteiger partial charge is 0.488 e. The summed E-state index contributed by atoms with van der Waals surface area (Å²) >= 11 is 6.44. The van der Waals surface area contributed by atoms with Crippen LogP contribution in [-0.2, 0) is 10.3 Å². The number of halogens is 2. The molecule has 3 atom stereocenters. The third kappa shape index (κ3) is 3.80. The van der Waals surface area contributed by atoms with Gasteiger partial charge in [0.05, 0.1) is 41.7 Å². The first-order valence-corrected chi connectivity index (χ1v) is 11.2. The molecule has 3 aromatic rings. The molecule has 2 aromatic heterocycles. The predicted molar refractivity (Wildman–Crippen MR) is 120 cm³/mol. The van der Waals surface area contributed by atoms with Crippen molar-refractivity contribution in [1.82, 2.24) is 19.5 Å². The summed E-state index contributed by atoms with van der Waals surface area (Å²) in [5, 5.41) is 24.2. The summed E-state index contributed by atoms with van der Waals surface area (Å²) in [6, 6.07) is 0.852. The van der Waals surface area contributed by atoms with E-state index < -0.39 is 17.5 Å². The lowest BCUT2D eigenvalue weighted by Crippen LogP contribution is -2.42. The van der Waals surface area contributed by atoms with Crippen LogP contribution in [0.5, 0.6) is 5.75 Å². The quantitative estimate of drug-likeness (QED) is 0.525. The standard InChI is InChI=1S/C22H25ClFN5O4/c1-10-8-33-19-11(6-13(24)17-18(19)29(10)20(27-17)22(2,3)31)16-12(23)7-25-21(28-16)26-14-4-5-32-9-15(14)30/h6-7,10,14-15,30-31H,4-5,8-9H2,1-3H3,(H,25,26,28)/t10-,14+,15+/m0/s1. The highest BCUT2D eigenvalue weighted by atomic mass is 35.5. The highest BCUT2D eigenvalue weighted by molar-refractivity contribution is 6.33. The van der Waals surface area contributed by atoms with Gasteiger partial charge in [-0.05, 0) is 33.3 Å². The number of ether oxygens (including phenoxy) is 2. The summed E-state index contributed by atoms with van der Waals surface area (Å²) in [4.78, 5) is 13.2. The second-order valence-electron chi connectivity index (χ2n) is 9.03. The fourth-order valence-electron chi connectivity index (χ4n) is 4.35. The fourth-order valence-corrected chi connectivity index (χ4v) is 4.54. The second-order valence-corrected chi connectivity index (χ2v) is 9.44. The molecule has 3 N–H and O–H groups in total. The highest BCUT2D eigenvalue weighted by Gasteiger charge is 2.34. The van der Waals surface area contributed by atoms with Gasteiger partial charge in [-0.1, -0.05) is 11.6 Å². The maximum Gasteiger partial charge on any atom is 0.223 e. The van der Waals surface area contributed by atoms with Crippen molar-refractivity contribution in [3.8, 4) is 17.0 Å². The van der Waals surface area contributed by atoms with Crippen molar-refractivity contribution >= 4 is 28.6 Å². The van der Waals surface area contributed by atoms with E-state index in [0.717, 1.165) is 0 Å². The zero-order valence-corrected chi connectivity index (χ0v) is 19.2. The number of nitrogens with zero attached hydrogens (tertiary/aromatic N) is 4. The highest BCUT2D eigenvalue weighted by Crippen LogP contribution is 2.45. The van der Waals surface area contributed by atoms with Gasteiger partial charge in [-0.25, -0.2) is 19.3 Å². The maximum absolute atomic E-state index is 15.3. The fraction of sp³-hybridized carbons (Fsp3) is 0.500. The van der Waals surface area contributed by atoms with Gasteiger partial charge in [-0.3, -0.25) is 0 Å². The van der Waals surface area contributed by atoms with E-state index in [4.69, 9.17) is 21.1 Å². The molecule has 2 aliphatic heterocycles. The second kappa shape index (κ2) is 8.05. The monoisotopic (exact) mass is 477 g/mol. The molecule has 5 rings (SSSR count). The molecular formula is C22H25ClFN5O4. The molecule has 9 nitrogen and oxygen atoms in total. The minimum atomic E-state index is -1.28. The minimum absolute atomic E-state index is 0.117. The molecule has 0 unspecified atom stereocenters. The zero-order valence-electron chi connectivity index (χ0n) is 18.5. The first-order chi connectivity index (χ1) is 15.6. The van der Waals surface area contributed by atoms with Crippen molar-refractivity contribution in [3.63, 3.8) is 0 Å². The Hall–Kier alpha value is -2.53. The van der Waals surface area contributed by atoms with E-state index in [1.165, 1.54) is 12.3 Å². The number of aliphatic hydroxyl groups is 2. The summed E-state index contributed by atoms with van der Waals surface area (Å²) < 4.78 is 28.4. The molecule has 11 heteroatoms. The predicted octanol–water partition coefficient (Wildman–Crippen LogP) is 3.03. The topological polar surface area (TPSA) is 115 Å². The van der Waals surface area contributed by atoms with Crippen molar-refractivity contribution < 1.29 is 24.1 Å². The number of hydrogen-bond acceptors (Lipinski definition) is 8. The molecule has 0 spiro atoms. The number of aliphatic hydroxyl groups excluding tert-OH is 1. The molecule has 1 aromatic carbocycles. The average molecular weight is 478 g/mol. The van der Waals surface area contributed by atoms with Gasteiger partial charge >= 0.3 is 0 Å². The molecule has 0 aliphatic carbocycles. The summed E-state index contributed by atoms with van der Waals surface area (Å²) in [5.41, 5.74) is -0.0592. The SMILES string of the molecule is C[C@H]1COc2c(-c3nc(N[C@@H]4CCOC[C@H]4O)ncc3Cl)cc(F)c3nc(C(C)(C)O)n1c23. The summed E-state index contributed by atoms with van der Waals surface area (Å²) in [5.74, 6) is 0.429. The Morgan fingerprint density at radius 3 is 2.82 bits per heavy atom. The third-order valence-corrected chi connectivity index (χ3v) is 6.24. The van der Waals surface area contributed by atoms with Crippen LogP contribution >= 0.6 is 11.6 Å². The number of hydrogen-bond donors (Lipinski definition) is 3. The number of nitrogens with one attached hydrogen (secondary N) is 1. The molecular weight excluding hydrogens is 453 g/mol. The molecule has 1 saturated heterocycles. The van der Waals surface area contributed by atoms with E-state index in [1.54, 1.807) is 13.8 Å². The maximum atomic E-state index is 15.3. The lowest BCUT2D eigenvalue weighted by molar-refractivity contribution is -0.0136. The molecule has 176 valence electrons. The van der Waals surface area contributed by atoms with Crippen LogP contribution in [0.15, 0.2) is 12.3 Å². The molecule has 4 heterocycles. The van der Waals surface area contributed by atoms with Crippen LogP contribution in [-0.4, -0.2) is 61.7 Å². The van der Waals surface area contributed by atoms with E-state index >= 15 is 4.39 Å². The first kappa shape index (κ1) is 22.3. The Kier molecular flexibility index (Phi) is 5.43. The number of aromatic nitrogens is 4. The van der Waals surface area contributed by atoms with E-state index in [0.29, 0.717) is 48.0 Å². The van der Waals surface area contributed by atoms with Gasteiger partial charge in [-0.2, -0.15) is 0 Å². The van der Waals surface area contributed by atoms with Crippen LogP contribution in [0.4, 0.5) is 10.3 Å². The molecule has 33 heavy (non-hydrogen) atoms. The van der Waals surface area contributed by atoms with E-state index in [9.17, 15) is 10.2 Å². The molecule has 1 fully saturated rings. The Labute approximate surface area is 194 Å². The van der Waals surface area contributed by atoms with Crippen molar-refractivity contribution in [2.75, 3.05) is 25.1 Å². The van der Waals surface area contributed by atoms with Crippen LogP contribution in [0.3, 0.4) is 0 Å². The minimum Gasteiger partial charge on any atom is -0.488 e. The number of benzene rings is 1. The zero-order chi connectivity index (χ0) is 23.5. The number of anilines is 1. The Bertz CT molecular complexity index is 1230. The van der Waals surface area contributed by atoms with Crippen LogP contribution in [0.2, 0.25) is 5.02 Å². The first-order valence-electron chi connectivity index (χ1n) is 10.8. The number of rotatable bonds is 4. The van der Waals surface area contributed by atoms with Gasteiger partial charge in [0.25, 0.3) is 0 Å². The van der Waals surface area contributed by atoms with Crippen molar-refractivity contribution in [2.24, 2.45) is 0 Å². The molecule has 0 bridgehead atoms. The summed E-state index contributed by atoms with van der Waals surface area (Å²) in [6.45, 7) is 6.19. The van der Waals surface area contributed by atoms with Crippen LogP contribution in [0.1, 0.15) is 39.1 Å². The lowest BCUT2D eigenvalue weighted by atomic mass is 10.1. The normalized spacial score (nSPS) is 22.9. The van der Waals surface area contributed by atoms with Gasteiger partial charge < -0.3 is 29.6 Å². The third-order valence-electron chi connectivity index (χ3n) is 5.96. The van der Waals surface area contributed by atoms with E-state index in [2.05, 4.69) is 20.3 Å². The summed E-state index contributed by atoms with van der Waals surface area (Å²) in [6.07, 6.45) is 1.32. The van der Waals surface area contributed by atoms with E-state index in [-0.39, 0.29) is 35.2 Å². The molecule has 0 amide bonds. The van der Waals surface area contributed by atoms with Gasteiger partial charge in [0.2, 0.25) is 5.95 Å². The summed E-state index contributed by atoms with van der Waals surface area (Å²) in [7, 11) is 0. The smallest absolute Gasteiger partial charge is 0.223 e.